The predicted octanol–water partition coefficient (Wildman–Crippen LogP) is 3.75. The standard InChI is InChI=1S/C20H17ClFN5O2S/c1-26-11-23-25-20(26)30-17-7-6-13(21)9-15(17)24-19(29)12-8-18(28)27(10-12)16-5-3-2-4-14(16)22/h2-7,9,11-12H,8,10H2,1H3,(H,24,29). The summed E-state index contributed by atoms with van der Waals surface area (Å²) in [5, 5.41) is 11.9. The number of carbonyl (C=O) groups excluding carboxylic acids is 2. The topological polar surface area (TPSA) is 80.1 Å². The number of amides is 2. The Morgan fingerprint density at radius 2 is 2.10 bits per heavy atom. The van der Waals surface area contributed by atoms with E-state index >= 15 is 0 Å². The number of rotatable bonds is 5. The molecule has 30 heavy (non-hydrogen) atoms. The molecule has 1 atom stereocenters. The first-order valence-electron chi connectivity index (χ1n) is 9.09. The zero-order chi connectivity index (χ0) is 21.3. The molecule has 2 aromatic carbocycles. The molecular weight excluding hydrogens is 429 g/mol. The highest BCUT2D eigenvalue weighted by molar-refractivity contribution is 7.99. The average molecular weight is 446 g/mol. The van der Waals surface area contributed by atoms with Crippen LogP contribution in [0.15, 0.2) is 58.8 Å². The van der Waals surface area contributed by atoms with E-state index in [0.29, 0.717) is 15.9 Å². The highest BCUT2D eigenvalue weighted by Gasteiger charge is 2.36. The quantitative estimate of drug-likeness (QED) is 0.647. The molecule has 1 N–H and O–H groups in total. The van der Waals surface area contributed by atoms with Crippen molar-refractivity contribution in [2.24, 2.45) is 13.0 Å². The van der Waals surface area contributed by atoms with E-state index < -0.39 is 11.7 Å². The van der Waals surface area contributed by atoms with E-state index in [9.17, 15) is 14.0 Å². The minimum absolute atomic E-state index is 0.00644. The Morgan fingerprint density at radius 1 is 1.30 bits per heavy atom. The second kappa shape index (κ2) is 8.45. The van der Waals surface area contributed by atoms with E-state index in [1.54, 1.807) is 41.2 Å². The largest absolute Gasteiger partial charge is 0.325 e. The molecule has 1 aliphatic rings. The van der Waals surface area contributed by atoms with E-state index in [4.69, 9.17) is 11.6 Å². The van der Waals surface area contributed by atoms with Gasteiger partial charge in [-0.1, -0.05) is 23.7 Å². The van der Waals surface area contributed by atoms with Crippen LogP contribution in [0.4, 0.5) is 15.8 Å². The van der Waals surface area contributed by atoms with Gasteiger partial charge in [-0.25, -0.2) is 4.39 Å². The molecule has 1 unspecified atom stereocenters. The second-order valence-corrected chi connectivity index (χ2v) is 8.26. The number of aromatic nitrogens is 3. The van der Waals surface area contributed by atoms with Crippen molar-refractivity contribution < 1.29 is 14.0 Å². The third-order valence-electron chi connectivity index (χ3n) is 4.71. The molecule has 0 radical (unpaired) electrons. The van der Waals surface area contributed by atoms with Gasteiger partial charge in [-0.05, 0) is 42.1 Å². The molecule has 154 valence electrons. The fourth-order valence-corrected chi connectivity index (χ4v) is 4.18. The first kappa shape index (κ1) is 20.4. The molecule has 2 amide bonds. The molecule has 2 heterocycles. The van der Waals surface area contributed by atoms with E-state index in [2.05, 4.69) is 15.5 Å². The molecule has 4 rings (SSSR count). The van der Waals surface area contributed by atoms with Gasteiger partial charge < -0.3 is 14.8 Å². The fourth-order valence-electron chi connectivity index (χ4n) is 3.17. The van der Waals surface area contributed by atoms with E-state index in [-0.39, 0.29) is 30.5 Å². The molecule has 3 aromatic rings. The maximum absolute atomic E-state index is 14.1. The van der Waals surface area contributed by atoms with Gasteiger partial charge in [0.1, 0.15) is 12.1 Å². The molecule has 0 bridgehead atoms. The molecule has 0 spiro atoms. The van der Waals surface area contributed by atoms with Gasteiger partial charge in [-0.3, -0.25) is 9.59 Å². The Balaban J connectivity index is 1.52. The van der Waals surface area contributed by atoms with Crippen LogP contribution in [0.2, 0.25) is 5.02 Å². The van der Waals surface area contributed by atoms with Crippen LogP contribution in [0.1, 0.15) is 6.42 Å². The van der Waals surface area contributed by atoms with E-state index in [1.165, 1.54) is 28.8 Å². The third kappa shape index (κ3) is 4.17. The number of anilines is 2. The zero-order valence-corrected chi connectivity index (χ0v) is 17.5. The lowest BCUT2D eigenvalue weighted by molar-refractivity contribution is -0.122. The van der Waals surface area contributed by atoms with Crippen molar-refractivity contribution in [1.29, 1.82) is 0 Å². The van der Waals surface area contributed by atoms with Crippen LogP contribution in [0.3, 0.4) is 0 Å². The van der Waals surface area contributed by atoms with Crippen LogP contribution < -0.4 is 10.2 Å². The molecule has 1 saturated heterocycles. The average Bonchev–Trinajstić information content (AvgIpc) is 3.30. The zero-order valence-electron chi connectivity index (χ0n) is 15.9. The summed E-state index contributed by atoms with van der Waals surface area (Å²) in [7, 11) is 1.82. The van der Waals surface area contributed by atoms with Crippen LogP contribution in [-0.4, -0.2) is 33.1 Å². The predicted molar refractivity (Wildman–Crippen MR) is 112 cm³/mol. The Kier molecular flexibility index (Phi) is 5.74. The lowest BCUT2D eigenvalue weighted by Gasteiger charge is -2.17. The van der Waals surface area contributed by atoms with Gasteiger partial charge in [-0.2, -0.15) is 0 Å². The lowest BCUT2D eigenvalue weighted by Crippen LogP contribution is -2.28. The number of hydrogen-bond acceptors (Lipinski definition) is 5. The Morgan fingerprint density at radius 3 is 2.83 bits per heavy atom. The minimum atomic E-state index is -0.608. The van der Waals surface area contributed by atoms with Crippen LogP contribution in [0.25, 0.3) is 0 Å². The van der Waals surface area contributed by atoms with Crippen molar-refractivity contribution >= 4 is 46.6 Å². The Bertz CT molecular complexity index is 1120. The van der Waals surface area contributed by atoms with Gasteiger partial charge >= 0.3 is 0 Å². The maximum atomic E-state index is 14.1. The number of halogens is 2. The van der Waals surface area contributed by atoms with E-state index in [1.807, 2.05) is 7.05 Å². The van der Waals surface area contributed by atoms with Crippen molar-refractivity contribution in [2.75, 3.05) is 16.8 Å². The number of nitrogens with zero attached hydrogens (tertiary/aromatic N) is 4. The van der Waals surface area contributed by atoms with Crippen molar-refractivity contribution in [3.05, 3.63) is 59.6 Å². The monoisotopic (exact) mass is 445 g/mol. The summed E-state index contributed by atoms with van der Waals surface area (Å²) in [5.41, 5.74) is 0.691. The van der Waals surface area contributed by atoms with Gasteiger partial charge in [0.25, 0.3) is 0 Å². The summed E-state index contributed by atoms with van der Waals surface area (Å²) in [5.74, 6) is -1.72. The normalized spacial score (nSPS) is 16.2. The number of carbonyl (C=O) groups is 2. The number of nitrogens with one attached hydrogen (secondary N) is 1. The first-order valence-corrected chi connectivity index (χ1v) is 10.3. The molecule has 0 aliphatic carbocycles. The van der Waals surface area contributed by atoms with Crippen molar-refractivity contribution in [3.8, 4) is 0 Å². The third-order valence-corrected chi connectivity index (χ3v) is 6.07. The van der Waals surface area contributed by atoms with Gasteiger partial charge in [0.15, 0.2) is 5.16 Å². The Labute approximate surface area is 181 Å². The number of para-hydroxylation sites is 1. The lowest BCUT2D eigenvalue weighted by atomic mass is 10.1. The van der Waals surface area contributed by atoms with Crippen LogP contribution >= 0.6 is 23.4 Å². The maximum Gasteiger partial charge on any atom is 0.229 e. The van der Waals surface area contributed by atoms with Crippen molar-refractivity contribution in [1.82, 2.24) is 14.8 Å². The molecular formula is C20H17ClFN5O2S. The highest BCUT2D eigenvalue weighted by atomic mass is 35.5. The molecule has 7 nitrogen and oxygen atoms in total. The summed E-state index contributed by atoms with van der Waals surface area (Å²) >= 11 is 7.45. The smallest absolute Gasteiger partial charge is 0.229 e. The van der Waals surface area contributed by atoms with Crippen molar-refractivity contribution in [2.45, 2.75) is 16.5 Å². The fraction of sp³-hybridized carbons (Fsp3) is 0.200. The van der Waals surface area contributed by atoms with Gasteiger partial charge in [0.05, 0.1) is 17.3 Å². The molecule has 1 aromatic heterocycles. The highest BCUT2D eigenvalue weighted by Crippen LogP contribution is 2.35. The molecule has 1 aliphatic heterocycles. The summed E-state index contributed by atoms with van der Waals surface area (Å²) in [6, 6.07) is 11.2. The Hall–Kier alpha value is -2.91. The molecule has 0 saturated carbocycles. The number of benzene rings is 2. The molecule has 10 heteroatoms. The van der Waals surface area contributed by atoms with Crippen LogP contribution in [-0.2, 0) is 16.6 Å². The number of hydrogen-bond donors (Lipinski definition) is 1. The van der Waals surface area contributed by atoms with E-state index in [0.717, 1.165) is 4.90 Å². The second-order valence-electron chi connectivity index (χ2n) is 6.81. The summed E-state index contributed by atoms with van der Waals surface area (Å²) in [4.78, 5) is 27.3. The van der Waals surface area contributed by atoms with Crippen LogP contribution in [0, 0.1) is 11.7 Å². The number of aryl methyl sites for hydroxylation is 1. The van der Waals surface area contributed by atoms with Gasteiger partial charge in [-0.15, -0.1) is 10.2 Å². The van der Waals surface area contributed by atoms with Gasteiger partial charge in [0, 0.05) is 29.9 Å². The summed E-state index contributed by atoms with van der Waals surface area (Å²) in [6.07, 6.45) is 1.59. The molecule has 1 fully saturated rings. The summed E-state index contributed by atoms with van der Waals surface area (Å²) < 4.78 is 15.8. The summed E-state index contributed by atoms with van der Waals surface area (Å²) in [6.45, 7) is 0.109. The van der Waals surface area contributed by atoms with Crippen molar-refractivity contribution in [3.63, 3.8) is 0 Å². The van der Waals surface area contributed by atoms with Crippen LogP contribution in [0.5, 0.6) is 0 Å². The first-order chi connectivity index (χ1) is 14.4. The minimum Gasteiger partial charge on any atom is -0.325 e. The SMILES string of the molecule is Cn1cnnc1Sc1ccc(Cl)cc1NC(=O)C1CC(=O)N(c2ccccc2F)C1. The van der Waals surface area contributed by atoms with Gasteiger partial charge in [0.2, 0.25) is 11.8 Å².